The van der Waals surface area contributed by atoms with Crippen LogP contribution in [0, 0.1) is 4.77 Å². The highest BCUT2D eigenvalue weighted by Crippen LogP contribution is 2.21. The highest BCUT2D eigenvalue weighted by molar-refractivity contribution is 7.71. The lowest BCUT2D eigenvalue weighted by Gasteiger charge is -2.01. The summed E-state index contributed by atoms with van der Waals surface area (Å²) in [7, 11) is 0. The summed E-state index contributed by atoms with van der Waals surface area (Å²) in [4.78, 5) is 0. The van der Waals surface area contributed by atoms with Crippen LogP contribution in [0.25, 0.3) is 11.4 Å². The Kier molecular flexibility index (Phi) is 4.04. The zero-order valence-corrected chi connectivity index (χ0v) is 12.8. The lowest BCUT2D eigenvalue weighted by molar-refractivity contribution is 0.475. The molecule has 0 spiro atoms. The molecule has 0 unspecified atom stereocenters. The minimum atomic E-state index is 0.176. The fourth-order valence-corrected chi connectivity index (χ4v) is 2.31. The van der Waals surface area contributed by atoms with Crippen molar-refractivity contribution in [3.8, 4) is 17.1 Å². The van der Waals surface area contributed by atoms with Gasteiger partial charge in [0, 0.05) is 10.6 Å². The molecule has 0 aliphatic rings. The van der Waals surface area contributed by atoms with Crippen molar-refractivity contribution in [2.75, 3.05) is 0 Å². The second kappa shape index (κ2) is 6.13. The standard InChI is InChI=1S/C15H11ClN4OS/c16-12-5-2-4-11(8-12)14-18-19-15(22)20(14)17-9-10-3-1-6-13(21)7-10/h1-9,21H,(H,19,22). The van der Waals surface area contributed by atoms with E-state index in [9.17, 15) is 5.11 Å². The van der Waals surface area contributed by atoms with E-state index in [0.717, 1.165) is 11.1 Å². The molecule has 3 rings (SSSR count). The lowest BCUT2D eigenvalue weighted by atomic mass is 10.2. The molecule has 0 radical (unpaired) electrons. The summed E-state index contributed by atoms with van der Waals surface area (Å²) in [5.41, 5.74) is 1.55. The Morgan fingerprint density at radius 1 is 1.23 bits per heavy atom. The van der Waals surface area contributed by atoms with E-state index < -0.39 is 0 Å². The zero-order chi connectivity index (χ0) is 15.5. The molecule has 110 valence electrons. The third kappa shape index (κ3) is 3.08. The zero-order valence-electron chi connectivity index (χ0n) is 11.3. The van der Waals surface area contributed by atoms with E-state index in [1.54, 1.807) is 36.5 Å². The maximum atomic E-state index is 9.47. The first-order valence-corrected chi connectivity index (χ1v) is 7.19. The number of halogens is 1. The van der Waals surface area contributed by atoms with E-state index in [1.807, 2.05) is 18.2 Å². The van der Waals surface area contributed by atoms with Crippen LogP contribution in [0.4, 0.5) is 0 Å². The fourth-order valence-electron chi connectivity index (χ4n) is 1.94. The van der Waals surface area contributed by atoms with Crippen LogP contribution in [0.2, 0.25) is 5.02 Å². The van der Waals surface area contributed by atoms with Gasteiger partial charge in [-0.1, -0.05) is 35.9 Å². The summed E-state index contributed by atoms with van der Waals surface area (Å²) in [6.07, 6.45) is 1.60. The first kappa shape index (κ1) is 14.5. The van der Waals surface area contributed by atoms with Crippen molar-refractivity contribution in [1.82, 2.24) is 14.9 Å². The molecule has 1 heterocycles. The molecule has 0 saturated heterocycles. The third-order valence-corrected chi connectivity index (χ3v) is 3.43. The van der Waals surface area contributed by atoms with Crippen molar-refractivity contribution in [3.05, 3.63) is 63.9 Å². The number of nitrogens with one attached hydrogen (secondary N) is 1. The number of benzene rings is 2. The Morgan fingerprint density at radius 2 is 2.05 bits per heavy atom. The van der Waals surface area contributed by atoms with Gasteiger partial charge in [0.15, 0.2) is 5.82 Å². The van der Waals surface area contributed by atoms with E-state index >= 15 is 0 Å². The van der Waals surface area contributed by atoms with E-state index in [1.165, 1.54) is 4.68 Å². The molecule has 2 N–H and O–H groups in total. The Bertz CT molecular complexity index is 900. The second-order valence-electron chi connectivity index (χ2n) is 4.51. The molecule has 0 atom stereocenters. The molecule has 0 saturated carbocycles. The van der Waals surface area contributed by atoms with Gasteiger partial charge in [0.2, 0.25) is 4.77 Å². The van der Waals surface area contributed by atoms with E-state index in [0.29, 0.717) is 15.6 Å². The molecule has 0 fully saturated rings. The van der Waals surface area contributed by atoms with Crippen LogP contribution in [0.3, 0.4) is 0 Å². The number of aromatic amines is 1. The molecule has 0 aliphatic heterocycles. The summed E-state index contributed by atoms with van der Waals surface area (Å²) < 4.78 is 1.87. The molecule has 7 heteroatoms. The van der Waals surface area contributed by atoms with Crippen molar-refractivity contribution in [1.29, 1.82) is 0 Å². The first-order chi connectivity index (χ1) is 10.6. The average molecular weight is 331 g/mol. The monoisotopic (exact) mass is 330 g/mol. The maximum Gasteiger partial charge on any atom is 0.216 e. The van der Waals surface area contributed by atoms with Gasteiger partial charge in [0.1, 0.15) is 5.75 Å². The van der Waals surface area contributed by atoms with Gasteiger partial charge in [0.25, 0.3) is 0 Å². The van der Waals surface area contributed by atoms with Gasteiger partial charge < -0.3 is 5.11 Å². The van der Waals surface area contributed by atoms with E-state index in [4.69, 9.17) is 23.8 Å². The summed E-state index contributed by atoms with van der Waals surface area (Å²) in [6.45, 7) is 0. The number of aromatic hydroxyl groups is 1. The second-order valence-corrected chi connectivity index (χ2v) is 5.34. The highest BCUT2D eigenvalue weighted by Gasteiger charge is 2.08. The molecule has 3 aromatic rings. The molecule has 1 aromatic heterocycles. The van der Waals surface area contributed by atoms with Gasteiger partial charge in [-0.05, 0) is 42.0 Å². The van der Waals surface area contributed by atoms with Crippen molar-refractivity contribution in [3.63, 3.8) is 0 Å². The largest absolute Gasteiger partial charge is 0.508 e. The number of hydrogen-bond acceptors (Lipinski definition) is 4. The smallest absolute Gasteiger partial charge is 0.216 e. The lowest BCUT2D eigenvalue weighted by Crippen LogP contribution is -1.95. The van der Waals surface area contributed by atoms with Crippen LogP contribution in [-0.2, 0) is 0 Å². The first-order valence-electron chi connectivity index (χ1n) is 6.40. The summed E-state index contributed by atoms with van der Waals surface area (Å²) in [5.74, 6) is 0.735. The minimum Gasteiger partial charge on any atom is -0.508 e. The number of phenols is 1. The van der Waals surface area contributed by atoms with Gasteiger partial charge in [-0.25, -0.2) is 5.10 Å². The summed E-state index contributed by atoms with van der Waals surface area (Å²) >= 11 is 11.2. The van der Waals surface area contributed by atoms with Crippen LogP contribution in [0.15, 0.2) is 53.6 Å². The van der Waals surface area contributed by atoms with Crippen LogP contribution in [0.5, 0.6) is 5.75 Å². The number of aromatic nitrogens is 3. The SMILES string of the molecule is Oc1cccc(C=Nn2c(-c3cccc(Cl)c3)n[nH]c2=S)c1. The molecule has 0 aliphatic carbocycles. The quantitative estimate of drug-likeness (QED) is 0.566. The van der Waals surface area contributed by atoms with Crippen LogP contribution in [-0.4, -0.2) is 26.2 Å². The Hall–Kier alpha value is -2.44. The third-order valence-electron chi connectivity index (χ3n) is 2.93. The fraction of sp³-hybridized carbons (Fsp3) is 0. The molecule has 22 heavy (non-hydrogen) atoms. The molecule has 5 nitrogen and oxygen atoms in total. The van der Waals surface area contributed by atoms with Crippen LogP contribution < -0.4 is 0 Å². The molecular weight excluding hydrogens is 320 g/mol. The van der Waals surface area contributed by atoms with Gasteiger partial charge in [-0.3, -0.25) is 0 Å². The number of nitrogens with zero attached hydrogens (tertiary/aromatic N) is 3. The molecule has 2 aromatic carbocycles. The minimum absolute atomic E-state index is 0.176. The van der Waals surface area contributed by atoms with Gasteiger partial charge in [-0.15, -0.1) is 0 Å². The number of rotatable bonds is 3. The molecular formula is C15H11ClN4OS. The Labute approximate surface area is 136 Å². The number of hydrogen-bond donors (Lipinski definition) is 2. The number of phenolic OH excluding ortho intramolecular Hbond substituents is 1. The summed E-state index contributed by atoms with van der Waals surface area (Å²) in [6, 6.07) is 14.0. The van der Waals surface area contributed by atoms with E-state index in [-0.39, 0.29) is 5.75 Å². The van der Waals surface area contributed by atoms with Crippen molar-refractivity contribution >= 4 is 30.0 Å². The van der Waals surface area contributed by atoms with Gasteiger partial charge in [0.05, 0.1) is 6.21 Å². The topological polar surface area (TPSA) is 66.2 Å². The van der Waals surface area contributed by atoms with Gasteiger partial charge in [-0.2, -0.15) is 14.9 Å². The number of H-pyrrole nitrogens is 1. The van der Waals surface area contributed by atoms with Gasteiger partial charge >= 0.3 is 0 Å². The normalized spacial score (nSPS) is 11.1. The van der Waals surface area contributed by atoms with Crippen molar-refractivity contribution in [2.45, 2.75) is 0 Å². The summed E-state index contributed by atoms with van der Waals surface area (Å²) in [5, 5.41) is 21.3. The van der Waals surface area contributed by atoms with Crippen LogP contribution in [0.1, 0.15) is 5.56 Å². The molecule has 0 amide bonds. The van der Waals surface area contributed by atoms with Crippen molar-refractivity contribution in [2.24, 2.45) is 5.10 Å². The highest BCUT2D eigenvalue weighted by atomic mass is 35.5. The van der Waals surface area contributed by atoms with Crippen molar-refractivity contribution < 1.29 is 5.11 Å². The predicted octanol–water partition coefficient (Wildman–Crippen LogP) is 3.85. The average Bonchev–Trinajstić information content (AvgIpc) is 2.86. The Balaban J connectivity index is 2.01. The van der Waals surface area contributed by atoms with Crippen LogP contribution >= 0.6 is 23.8 Å². The van der Waals surface area contributed by atoms with E-state index in [2.05, 4.69) is 15.3 Å². The maximum absolute atomic E-state index is 9.47. The predicted molar refractivity (Wildman–Crippen MR) is 89.0 cm³/mol. The molecule has 0 bridgehead atoms. The Morgan fingerprint density at radius 3 is 2.82 bits per heavy atom.